The van der Waals surface area contributed by atoms with Crippen molar-refractivity contribution in [3.63, 3.8) is 0 Å². The largest absolute Gasteiger partial charge is 0.496 e. The SMILES string of the molecule is COc1cc([C@@H](O)[C@H](Cc2cccc(CO)c2)OC2CCCC2)cc(OC)c1C. The molecule has 2 atom stereocenters. The van der Waals surface area contributed by atoms with Crippen molar-refractivity contribution in [3.8, 4) is 11.5 Å². The lowest BCUT2D eigenvalue weighted by atomic mass is 9.95. The lowest BCUT2D eigenvalue weighted by molar-refractivity contribution is -0.0753. The minimum absolute atomic E-state index is 0.00307. The summed E-state index contributed by atoms with van der Waals surface area (Å²) >= 11 is 0. The van der Waals surface area contributed by atoms with E-state index in [4.69, 9.17) is 14.2 Å². The second kappa shape index (κ2) is 10.1. The summed E-state index contributed by atoms with van der Waals surface area (Å²) in [4.78, 5) is 0. The first-order chi connectivity index (χ1) is 14.0. The van der Waals surface area contributed by atoms with Crippen LogP contribution in [0.3, 0.4) is 0 Å². The van der Waals surface area contributed by atoms with Crippen LogP contribution in [0, 0.1) is 6.92 Å². The standard InChI is InChI=1S/C24H32O5/c1-16-21(27-2)13-19(14-22(16)28-3)24(26)23(29-20-9-4-5-10-20)12-17-7-6-8-18(11-17)15-25/h6-8,11,13-14,20,23-26H,4-5,9-10,12,15H2,1-3H3/t23-,24+/m0/s1. The van der Waals surface area contributed by atoms with Gasteiger partial charge in [-0.05, 0) is 48.6 Å². The zero-order valence-electron chi connectivity index (χ0n) is 17.6. The highest BCUT2D eigenvalue weighted by Crippen LogP contribution is 2.35. The van der Waals surface area contributed by atoms with E-state index in [0.717, 1.165) is 29.5 Å². The van der Waals surface area contributed by atoms with Crippen LogP contribution >= 0.6 is 0 Å². The molecule has 2 aromatic rings. The molecule has 29 heavy (non-hydrogen) atoms. The highest BCUT2D eigenvalue weighted by Gasteiger charge is 2.28. The highest BCUT2D eigenvalue weighted by molar-refractivity contribution is 5.48. The molecule has 0 radical (unpaired) electrons. The average Bonchev–Trinajstić information content (AvgIpc) is 3.26. The molecule has 5 heteroatoms. The fourth-order valence-electron chi connectivity index (χ4n) is 4.08. The Labute approximate surface area is 173 Å². The molecule has 2 N–H and O–H groups in total. The van der Waals surface area contributed by atoms with E-state index in [-0.39, 0.29) is 12.7 Å². The third-order valence-corrected chi connectivity index (χ3v) is 5.75. The molecule has 0 saturated heterocycles. The summed E-state index contributed by atoms with van der Waals surface area (Å²) in [6.45, 7) is 1.93. The first-order valence-electron chi connectivity index (χ1n) is 10.3. The summed E-state index contributed by atoms with van der Waals surface area (Å²) in [5.74, 6) is 1.36. The Morgan fingerprint density at radius 3 is 2.21 bits per heavy atom. The number of aliphatic hydroxyl groups is 2. The van der Waals surface area contributed by atoms with Crippen molar-refractivity contribution in [2.24, 2.45) is 0 Å². The summed E-state index contributed by atoms with van der Waals surface area (Å²) in [5, 5.41) is 20.7. The number of methoxy groups -OCH3 is 2. The van der Waals surface area contributed by atoms with Crippen LogP contribution in [-0.4, -0.2) is 36.6 Å². The van der Waals surface area contributed by atoms with E-state index in [9.17, 15) is 10.2 Å². The Hall–Kier alpha value is -2.08. The van der Waals surface area contributed by atoms with Gasteiger partial charge in [0, 0.05) is 12.0 Å². The van der Waals surface area contributed by atoms with Gasteiger partial charge < -0.3 is 24.4 Å². The van der Waals surface area contributed by atoms with Gasteiger partial charge in [0.1, 0.15) is 17.6 Å². The molecule has 1 aliphatic rings. The minimum Gasteiger partial charge on any atom is -0.496 e. The molecule has 3 rings (SSSR count). The zero-order valence-corrected chi connectivity index (χ0v) is 17.6. The Balaban J connectivity index is 1.89. The molecule has 1 saturated carbocycles. The molecule has 5 nitrogen and oxygen atoms in total. The van der Waals surface area contributed by atoms with Crippen molar-refractivity contribution in [1.29, 1.82) is 0 Å². The number of hydrogen-bond acceptors (Lipinski definition) is 5. The topological polar surface area (TPSA) is 68.2 Å². The quantitative estimate of drug-likeness (QED) is 0.663. The predicted molar refractivity (Wildman–Crippen MR) is 112 cm³/mol. The molecule has 1 fully saturated rings. The molecule has 0 unspecified atom stereocenters. The maximum absolute atomic E-state index is 11.3. The second-order valence-electron chi connectivity index (χ2n) is 7.76. The molecule has 0 spiro atoms. The summed E-state index contributed by atoms with van der Waals surface area (Å²) in [6, 6.07) is 11.5. The lowest BCUT2D eigenvalue weighted by Crippen LogP contribution is -2.29. The van der Waals surface area contributed by atoms with Gasteiger partial charge in [-0.15, -0.1) is 0 Å². The molecular weight excluding hydrogens is 368 g/mol. The van der Waals surface area contributed by atoms with Crippen molar-refractivity contribution >= 4 is 0 Å². The molecule has 0 amide bonds. The van der Waals surface area contributed by atoms with E-state index in [1.54, 1.807) is 14.2 Å². The Morgan fingerprint density at radius 1 is 1.00 bits per heavy atom. The van der Waals surface area contributed by atoms with Crippen LogP contribution in [0.5, 0.6) is 11.5 Å². The van der Waals surface area contributed by atoms with Gasteiger partial charge in [0.05, 0.1) is 33.0 Å². The molecule has 1 aliphatic carbocycles. The predicted octanol–water partition coefficient (Wildman–Crippen LogP) is 4.11. The van der Waals surface area contributed by atoms with Crippen molar-refractivity contribution in [2.75, 3.05) is 14.2 Å². The van der Waals surface area contributed by atoms with Gasteiger partial charge in [-0.25, -0.2) is 0 Å². The van der Waals surface area contributed by atoms with Gasteiger partial charge in [0.15, 0.2) is 0 Å². The summed E-state index contributed by atoms with van der Waals surface area (Å²) in [5.41, 5.74) is 3.50. The molecule has 2 aromatic carbocycles. The Morgan fingerprint density at radius 2 is 1.62 bits per heavy atom. The summed E-state index contributed by atoms with van der Waals surface area (Å²) < 4.78 is 17.3. The van der Waals surface area contributed by atoms with E-state index < -0.39 is 12.2 Å². The van der Waals surface area contributed by atoms with E-state index >= 15 is 0 Å². The van der Waals surface area contributed by atoms with E-state index in [1.807, 2.05) is 43.3 Å². The minimum atomic E-state index is -0.822. The normalized spacial score (nSPS) is 16.6. The van der Waals surface area contributed by atoms with E-state index in [1.165, 1.54) is 12.8 Å². The van der Waals surface area contributed by atoms with Crippen LogP contribution < -0.4 is 9.47 Å². The van der Waals surface area contributed by atoms with Crippen LogP contribution in [-0.2, 0) is 17.8 Å². The smallest absolute Gasteiger partial charge is 0.125 e. The van der Waals surface area contributed by atoms with Crippen molar-refractivity contribution in [2.45, 2.75) is 63.9 Å². The third kappa shape index (κ3) is 5.30. The molecule has 0 aromatic heterocycles. The molecule has 0 bridgehead atoms. The van der Waals surface area contributed by atoms with Crippen molar-refractivity contribution in [1.82, 2.24) is 0 Å². The Bertz CT molecular complexity index is 773. The van der Waals surface area contributed by atoms with Gasteiger partial charge in [-0.2, -0.15) is 0 Å². The van der Waals surface area contributed by atoms with Crippen molar-refractivity contribution in [3.05, 3.63) is 58.7 Å². The second-order valence-corrected chi connectivity index (χ2v) is 7.76. The fraction of sp³-hybridized carbons (Fsp3) is 0.500. The molecule has 0 aliphatic heterocycles. The number of benzene rings is 2. The van der Waals surface area contributed by atoms with Gasteiger partial charge in [-0.1, -0.05) is 37.1 Å². The molecule has 0 heterocycles. The first-order valence-corrected chi connectivity index (χ1v) is 10.3. The molecule has 158 valence electrons. The summed E-state index contributed by atoms with van der Waals surface area (Å²) in [7, 11) is 3.23. The third-order valence-electron chi connectivity index (χ3n) is 5.75. The van der Waals surface area contributed by atoms with Crippen LogP contribution in [0.25, 0.3) is 0 Å². The van der Waals surface area contributed by atoms with Gasteiger partial charge >= 0.3 is 0 Å². The maximum atomic E-state index is 11.3. The van der Waals surface area contributed by atoms with Crippen LogP contribution in [0.1, 0.15) is 54.0 Å². The number of hydrogen-bond donors (Lipinski definition) is 2. The fourth-order valence-corrected chi connectivity index (χ4v) is 4.08. The first kappa shape index (κ1) is 21.6. The van der Waals surface area contributed by atoms with E-state index in [0.29, 0.717) is 23.5 Å². The molecular formula is C24H32O5. The van der Waals surface area contributed by atoms with Crippen molar-refractivity contribution < 1.29 is 24.4 Å². The van der Waals surface area contributed by atoms with Crippen LogP contribution in [0.15, 0.2) is 36.4 Å². The van der Waals surface area contributed by atoms with Gasteiger partial charge in [-0.3, -0.25) is 0 Å². The average molecular weight is 401 g/mol. The zero-order chi connectivity index (χ0) is 20.8. The van der Waals surface area contributed by atoms with Gasteiger partial charge in [0.2, 0.25) is 0 Å². The monoisotopic (exact) mass is 400 g/mol. The number of aliphatic hydroxyl groups excluding tert-OH is 2. The van der Waals surface area contributed by atoms with Crippen LogP contribution in [0.2, 0.25) is 0 Å². The summed E-state index contributed by atoms with van der Waals surface area (Å²) in [6.07, 6.45) is 3.90. The maximum Gasteiger partial charge on any atom is 0.125 e. The Kier molecular flexibility index (Phi) is 7.53. The number of ether oxygens (including phenoxy) is 3. The van der Waals surface area contributed by atoms with Crippen LogP contribution in [0.4, 0.5) is 0 Å². The lowest BCUT2D eigenvalue weighted by Gasteiger charge is -2.28. The van der Waals surface area contributed by atoms with Gasteiger partial charge in [0.25, 0.3) is 0 Å². The highest BCUT2D eigenvalue weighted by atomic mass is 16.5. The number of rotatable bonds is 9. The van der Waals surface area contributed by atoms with E-state index in [2.05, 4.69) is 0 Å².